The minimum absolute atomic E-state index is 0.581. The molecule has 0 aliphatic heterocycles. The molecule has 0 unspecified atom stereocenters. The number of fused-ring (bicyclic) bond motifs is 1. The van der Waals surface area contributed by atoms with Gasteiger partial charge in [-0.1, -0.05) is 11.3 Å². The van der Waals surface area contributed by atoms with Crippen molar-refractivity contribution in [1.29, 1.82) is 0 Å². The quantitative estimate of drug-likeness (QED) is 0.765. The smallest absolute Gasteiger partial charge is 0.181 e. The lowest BCUT2D eigenvalue weighted by molar-refractivity contribution is 0.746. The van der Waals surface area contributed by atoms with Crippen LogP contribution in [-0.2, 0) is 0 Å². The number of nitrogens with zero attached hydrogens (tertiary/aromatic N) is 4. The Hall–Kier alpha value is -1.95. The summed E-state index contributed by atoms with van der Waals surface area (Å²) in [5.41, 5.74) is 7.74. The molecule has 1 aliphatic carbocycles. The minimum Gasteiger partial charge on any atom is -0.375 e. The zero-order valence-electron chi connectivity index (χ0n) is 9.58. The van der Waals surface area contributed by atoms with Gasteiger partial charge in [-0.3, -0.25) is 0 Å². The Bertz CT molecular complexity index is 725. The van der Waals surface area contributed by atoms with Gasteiger partial charge in [-0.05, 0) is 31.0 Å². The van der Waals surface area contributed by atoms with E-state index in [-0.39, 0.29) is 0 Å². The van der Waals surface area contributed by atoms with E-state index in [4.69, 9.17) is 5.73 Å². The molecular formula is C12H11N5S. The van der Waals surface area contributed by atoms with Gasteiger partial charge in [0.05, 0.1) is 10.2 Å². The number of hydrogen-bond donors (Lipinski definition) is 1. The van der Waals surface area contributed by atoms with Crippen molar-refractivity contribution in [3.8, 4) is 11.4 Å². The topological polar surface area (TPSA) is 69.6 Å². The zero-order valence-corrected chi connectivity index (χ0v) is 10.4. The van der Waals surface area contributed by atoms with Crippen molar-refractivity contribution in [3.63, 3.8) is 0 Å². The molecule has 1 fully saturated rings. The third kappa shape index (κ3) is 1.49. The van der Waals surface area contributed by atoms with E-state index in [1.165, 1.54) is 24.2 Å². The van der Waals surface area contributed by atoms with Crippen LogP contribution >= 0.6 is 11.3 Å². The number of thiazole rings is 1. The van der Waals surface area contributed by atoms with E-state index in [0.717, 1.165) is 21.6 Å². The molecule has 0 spiro atoms. The molecule has 0 atom stereocenters. The van der Waals surface area contributed by atoms with Gasteiger partial charge in [0, 0.05) is 11.6 Å². The highest BCUT2D eigenvalue weighted by Gasteiger charge is 2.26. The molecule has 4 rings (SSSR count). The van der Waals surface area contributed by atoms with E-state index in [2.05, 4.69) is 25.8 Å². The van der Waals surface area contributed by atoms with Crippen molar-refractivity contribution >= 4 is 26.7 Å². The van der Waals surface area contributed by atoms with Crippen LogP contribution in [0.3, 0.4) is 0 Å². The van der Waals surface area contributed by atoms with E-state index in [0.29, 0.717) is 11.2 Å². The first-order valence-electron chi connectivity index (χ1n) is 5.87. The first-order chi connectivity index (χ1) is 8.81. The molecule has 0 saturated heterocycles. The fraction of sp³-hybridized carbons (Fsp3) is 0.250. The second kappa shape index (κ2) is 3.52. The van der Waals surface area contributed by atoms with Crippen LogP contribution in [0.5, 0.6) is 0 Å². The summed E-state index contributed by atoms with van der Waals surface area (Å²) in [5, 5.41) is 8.85. The maximum Gasteiger partial charge on any atom is 0.181 e. The predicted molar refractivity (Wildman–Crippen MR) is 71.3 cm³/mol. The van der Waals surface area contributed by atoms with Gasteiger partial charge in [0.1, 0.15) is 6.33 Å². The van der Waals surface area contributed by atoms with Crippen molar-refractivity contribution in [2.75, 3.05) is 5.73 Å². The van der Waals surface area contributed by atoms with E-state index < -0.39 is 0 Å². The zero-order chi connectivity index (χ0) is 12.1. The normalized spacial score (nSPS) is 15.3. The summed E-state index contributed by atoms with van der Waals surface area (Å²) in [6, 6.07) is 6.69. The summed E-state index contributed by atoms with van der Waals surface area (Å²) in [4.78, 5) is 4.26. The van der Waals surface area contributed by atoms with Crippen molar-refractivity contribution in [2.45, 2.75) is 18.9 Å². The monoisotopic (exact) mass is 257 g/mol. The van der Waals surface area contributed by atoms with Gasteiger partial charge in [-0.2, -0.15) is 0 Å². The standard InChI is InChI=1S/C12H11N5S/c13-12-15-9-4-1-7(5-10(9)18-12)11-16-14-6-17(11)8-2-3-8/h1,4-6,8H,2-3H2,(H2,13,15). The summed E-state index contributed by atoms with van der Waals surface area (Å²) >= 11 is 1.50. The molecule has 18 heavy (non-hydrogen) atoms. The van der Waals surface area contributed by atoms with Gasteiger partial charge in [0.25, 0.3) is 0 Å². The number of benzene rings is 1. The van der Waals surface area contributed by atoms with Gasteiger partial charge < -0.3 is 10.3 Å². The van der Waals surface area contributed by atoms with Gasteiger partial charge >= 0.3 is 0 Å². The van der Waals surface area contributed by atoms with Crippen LogP contribution in [0.4, 0.5) is 5.13 Å². The minimum atomic E-state index is 0.581. The average molecular weight is 257 g/mol. The number of anilines is 1. The Morgan fingerprint density at radius 2 is 2.22 bits per heavy atom. The van der Waals surface area contributed by atoms with Gasteiger partial charge in [0.15, 0.2) is 11.0 Å². The second-order valence-corrected chi connectivity index (χ2v) is 5.59. The number of hydrogen-bond acceptors (Lipinski definition) is 5. The molecule has 0 amide bonds. The SMILES string of the molecule is Nc1nc2ccc(-c3nncn3C3CC3)cc2s1. The summed E-state index contributed by atoms with van der Waals surface area (Å²) in [5.74, 6) is 0.936. The fourth-order valence-corrected chi connectivity index (χ4v) is 2.92. The van der Waals surface area contributed by atoms with Crippen LogP contribution in [0.2, 0.25) is 0 Å². The van der Waals surface area contributed by atoms with Crippen molar-refractivity contribution in [2.24, 2.45) is 0 Å². The molecule has 1 aliphatic rings. The van der Waals surface area contributed by atoms with Crippen LogP contribution in [-0.4, -0.2) is 19.7 Å². The third-order valence-corrected chi connectivity index (χ3v) is 4.02. The average Bonchev–Trinajstić information content (AvgIpc) is 2.97. The van der Waals surface area contributed by atoms with Crippen molar-refractivity contribution in [3.05, 3.63) is 24.5 Å². The molecular weight excluding hydrogens is 246 g/mol. The second-order valence-electron chi connectivity index (χ2n) is 4.53. The highest BCUT2D eigenvalue weighted by atomic mass is 32.1. The Morgan fingerprint density at radius 1 is 1.33 bits per heavy atom. The third-order valence-electron chi connectivity index (χ3n) is 3.18. The molecule has 2 N–H and O–H groups in total. The van der Waals surface area contributed by atoms with Gasteiger partial charge in [0.2, 0.25) is 0 Å². The molecule has 1 saturated carbocycles. The number of nitrogens with two attached hydrogens (primary N) is 1. The summed E-state index contributed by atoms with van der Waals surface area (Å²) in [6.07, 6.45) is 4.26. The Kier molecular flexibility index (Phi) is 1.96. The van der Waals surface area contributed by atoms with Crippen LogP contribution in [0.1, 0.15) is 18.9 Å². The summed E-state index contributed by atoms with van der Waals surface area (Å²) < 4.78 is 3.25. The van der Waals surface area contributed by atoms with Crippen molar-refractivity contribution in [1.82, 2.24) is 19.7 Å². The number of aromatic nitrogens is 4. The predicted octanol–water partition coefficient (Wildman–Crippen LogP) is 2.47. The lowest BCUT2D eigenvalue weighted by atomic mass is 10.2. The van der Waals surface area contributed by atoms with Crippen LogP contribution in [0, 0.1) is 0 Å². The first kappa shape index (κ1) is 10.0. The summed E-state index contributed by atoms with van der Waals surface area (Å²) in [7, 11) is 0. The molecule has 5 nitrogen and oxygen atoms in total. The summed E-state index contributed by atoms with van der Waals surface area (Å²) in [6.45, 7) is 0. The van der Waals surface area contributed by atoms with E-state index in [9.17, 15) is 0 Å². The van der Waals surface area contributed by atoms with Crippen LogP contribution in [0.25, 0.3) is 21.6 Å². The Labute approximate surface area is 107 Å². The highest BCUT2D eigenvalue weighted by molar-refractivity contribution is 7.22. The van der Waals surface area contributed by atoms with Gasteiger partial charge in [-0.25, -0.2) is 4.98 Å². The molecule has 1 aromatic carbocycles. The maximum absolute atomic E-state index is 5.72. The molecule has 0 bridgehead atoms. The molecule has 90 valence electrons. The number of nitrogen functional groups attached to an aromatic ring is 1. The Morgan fingerprint density at radius 3 is 3.06 bits per heavy atom. The fourth-order valence-electron chi connectivity index (χ4n) is 2.15. The molecule has 6 heteroatoms. The molecule has 0 radical (unpaired) electrons. The van der Waals surface area contributed by atoms with Crippen molar-refractivity contribution < 1.29 is 0 Å². The highest BCUT2D eigenvalue weighted by Crippen LogP contribution is 2.38. The lowest BCUT2D eigenvalue weighted by Gasteiger charge is -2.04. The maximum atomic E-state index is 5.72. The lowest BCUT2D eigenvalue weighted by Crippen LogP contribution is -1.95. The van der Waals surface area contributed by atoms with Gasteiger partial charge in [-0.15, -0.1) is 10.2 Å². The molecule has 3 aromatic rings. The first-order valence-corrected chi connectivity index (χ1v) is 6.69. The van der Waals surface area contributed by atoms with E-state index >= 15 is 0 Å². The molecule has 2 heterocycles. The Balaban J connectivity index is 1.87. The van der Waals surface area contributed by atoms with Crippen LogP contribution in [0.15, 0.2) is 24.5 Å². The van der Waals surface area contributed by atoms with E-state index in [1.807, 2.05) is 18.5 Å². The molecule has 2 aromatic heterocycles. The number of rotatable bonds is 2. The van der Waals surface area contributed by atoms with E-state index in [1.54, 1.807) is 0 Å². The van der Waals surface area contributed by atoms with Crippen LogP contribution < -0.4 is 5.73 Å². The largest absolute Gasteiger partial charge is 0.375 e.